The molecule has 0 fully saturated rings. The van der Waals surface area contributed by atoms with Crippen molar-refractivity contribution in [2.45, 2.75) is 26.6 Å². The molecule has 0 aliphatic carbocycles. The quantitative estimate of drug-likeness (QED) is 0.196. The summed E-state index contributed by atoms with van der Waals surface area (Å²) in [6.07, 6.45) is -4.46. The van der Waals surface area contributed by atoms with E-state index in [0.29, 0.717) is 50.5 Å². The Bertz CT molecular complexity index is 1910. The average Bonchev–Trinajstić information content (AvgIpc) is 3.37. The summed E-state index contributed by atoms with van der Waals surface area (Å²) in [4.78, 5) is 9.84. The number of alkyl halides is 3. The Labute approximate surface area is 237 Å². The van der Waals surface area contributed by atoms with E-state index in [0.717, 1.165) is 23.3 Å². The molecule has 210 valence electrons. The Morgan fingerprint density at radius 3 is 1.71 bits per heavy atom. The fourth-order valence-electron chi connectivity index (χ4n) is 4.73. The maximum Gasteiger partial charge on any atom is 0.416 e. The zero-order chi connectivity index (χ0) is 29.6. The first-order valence-electron chi connectivity index (χ1n) is 13.0. The number of hydrogen-bond acceptors (Lipinski definition) is 4. The van der Waals surface area contributed by atoms with Gasteiger partial charge in [0.25, 0.3) is 0 Å². The monoisotopic (exact) mass is 571 g/mol. The van der Waals surface area contributed by atoms with Gasteiger partial charge >= 0.3 is 6.18 Å². The van der Waals surface area contributed by atoms with Crippen LogP contribution < -0.4 is 0 Å². The molecule has 0 aliphatic rings. The van der Waals surface area contributed by atoms with Crippen molar-refractivity contribution in [3.63, 3.8) is 0 Å². The SMILES string of the molecule is Cc1cc2nc(-c3ccc(F)cc3)c(-c3nnn(Cc4ccc(C(F)(F)F)cc4)c3-c3ccc(F)cc3)nc2cc1C. The highest BCUT2D eigenvalue weighted by atomic mass is 19.4. The van der Waals surface area contributed by atoms with Crippen LogP contribution in [0.1, 0.15) is 22.3 Å². The van der Waals surface area contributed by atoms with Crippen LogP contribution in [0.5, 0.6) is 0 Å². The Kier molecular flexibility index (Phi) is 6.76. The van der Waals surface area contributed by atoms with Crippen LogP contribution >= 0.6 is 0 Å². The van der Waals surface area contributed by atoms with Gasteiger partial charge in [0.2, 0.25) is 0 Å². The van der Waals surface area contributed by atoms with Crippen LogP contribution in [0.15, 0.2) is 84.9 Å². The average molecular weight is 572 g/mol. The lowest BCUT2D eigenvalue weighted by Crippen LogP contribution is -2.07. The van der Waals surface area contributed by atoms with Gasteiger partial charge in [-0.1, -0.05) is 17.3 Å². The molecule has 0 saturated carbocycles. The molecular weight excluding hydrogens is 549 g/mol. The molecule has 0 amide bonds. The molecule has 0 bridgehead atoms. The standard InChI is InChI=1S/C32H22F5N5/c1-18-15-26-27(16-19(18)2)39-29(28(38-26)21-5-11-24(33)12-6-21)30-31(22-7-13-25(34)14-8-22)42(41-40-30)17-20-3-9-23(10-4-20)32(35,36)37/h3-16H,17H2,1-2H3. The van der Waals surface area contributed by atoms with E-state index in [2.05, 4.69) is 10.3 Å². The lowest BCUT2D eigenvalue weighted by atomic mass is 10.0. The van der Waals surface area contributed by atoms with Crippen molar-refractivity contribution in [1.82, 2.24) is 25.0 Å². The molecule has 0 saturated heterocycles. The third-order valence-corrected chi connectivity index (χ3v) is 7.09. The van der Waals surface area contributed by atoms with E-state index in [1.54, 1.807) is 24.3 Å². The van der Waals surface area contributed by atoms with Gasteiger partial charge in [-0.2, -0.15) is 13.2 Å². The third-order valence-electron chi connectivity index (χ3n) is 7.09. The number of nitrogens with zero attached hydrogens (tertiary/aromatic N) is 5. The van der Waals surface area contributed by atoms with Crippen LogP contribution in [-0.2, 0) is 12.7 Å². The number of fused-ring (bicyclic) bond motifs is 1. The van der Waals surface area contributed by atoms with Gasteiger partial charge < -0.3 is 0 Å². The van der Waals surface area contributed by atoms with E-state index in [1.807, 2.05) is 26.0 Å². The van der Waals surface area contributed by atoms with E-state index < -0.39 is 23.4 Å². The van der Waals surface area contributed by atoms with E-state index >= 15 is 0 Å². The van der Waals surface area contributed by atoms with Gasteiger partial charge in [-0.25, -0.2) is 23.4 Å². The lowest BCUT2D eigenvalue weighted by molar-refractivity contribution is -0.137. The molecule has 0 unspecified atom stereocenters. The molecule has 6 rings (SSSR count). The molecule has 2 heterocycles. The molecule has 0 atom stereocenters. The van der Waals surface area contributed by atoms with Crippen LogP contribution in [0.25, 0.3) is 44.9 Å². The summed E-state index contributed by atoms with van der Waals surface area (Å²) in [6, 6.07) is 20.2. The van der Waals surface area contributed by atoms with E-state index in [-0.39, 0.29) is 6.54 Å². The largest absolute Gasteiger partial charge is 0.416 e. The van der Waals surface area contributed by atoms with Gasteiger partial charge in [-0.05, 0) is 103 Å². The lowest BCUT2D eigenvalue weighted by Gasteiger charge is -2.13. The van der Waals surface area contributed by atoms with Crippen molar-refractivity contribution in [2.75, 3.05) is 0 Å². The molecule has 4 aromatic carbocycles. The first-order chi connectivity index (χ1) is 20.1. The molecule has 2 aromatic heterocycles. The number of rotatable bonds is 5. The molecule has 6 aromatic rings. The number of halogens is 5. The summed E-state index contributed by atoms with van der Waals surface area (Å²) >= 11 is 0. The zero-order valence-corrected chi connectivity index (χ0v) is 22.4. The van der Waals surface area contributed by atoms with Gasteiger partial charge in [0.05, 0.1) is 34.5 Å². The van der Waals surface area contributed by atoms with Crippen LogP contribution in [0.3, 0.4) is 0 Å². The molecule has 5 nitrogen and oxygen atoms in total. The second kappa shape index (κ2) is 10.4. The van der Waals surface area contributed by atoms with Crippen molar-refractivity contribution >= 4 is 11.0 Å². The fourth-order valence-corrected chi connectivity index (χ4v) is 4.73. The predicted octanol–water partition coefficient (Wildman–Crippen LogP) is 8.18. The number of aromatic nitrogens is 5. The summed E-state index contributed by atoms with van der Waals surface area (Å²) in [5.41, 5.74) is 5.87. The minimum absolute atomic E-state index is 0.0864. The van der Waals surface area contributed by atoms with Crippen molar-refractivity contribution in [2.24, 2.45) is 0 Å². The third kappa shape index (κ3) is 5.23. The summed E-state index contributed by atoms with van der Waals surface area (Å²) in [7, 11) is 0. The summed E-state index contributed by atoms with van der Waals surface area (Å²) in [6.45, 7) is 4.03. The maximum absolute atomic E-state index is 13.9. The van der Waals surface area contributed by atoms with Crippen molar-refractivity contribution in [1.29, 1.82) is 0 Å². The van der Waals surface area contributed by atoms with Crippen molar-refractivity contribution < 1.29 is 22.0 Å². The second-order valence-corrected chi connectivity index (χ2v) is 10.00. The molecule has 0 spiro atoms. The van der Waals surface area contributed by atoms with E-state index in [1.165, 1.54) is 41.1 Å². The minimum Gasteiger partial charge on any atom is -0.244 e. The van der Waals surface area contributed by atoms with Gasteiger partial charge in [-0.3, -0.25) is 0 Å². The summed E-state index contributed by atoms with van der Waals surface area (Å²) in [5.74, 6) is -0.847. The van der Waals surface area contributed by atoms with E-state index in [9.17, 15) is 22.0 Å². The van der Waals surface area contributed by atoms with E-state index in [4.69, 9.17) is 9.97 Å². The molecule has 0 N–H and O–H groups in total. The molecule has 10 heteroatoms. The molecule has 42 heavy (non-hydrogen) atoms. The highest BCUT2D eigenvalue weighted by Gasteiger charge is 2.30. The fraction of sp³-hybridized carbons (Fsp3) is 0.125. The van der Waals surface area contributed by atoms with Crippen LogP contribution in [0.4, 0.5) is 22.0 Å². The number of hydrogen-bond donors (Lipinski definition) is 0. The smallest absolute Gasteiger partial charge is 0.244 e. The number of benzene rings is 4. The van der Waals surface area contributed by atoms with Gasteiger partial charge in [0, 0.05) is 11.1 Å². The summed E-state index contributed by atoms with van der Waals surface area (Å²) < 4.78 is 68.7. The van der Waals surface area contributed by atoms with Crippen LogP contribution in [0.2, 0.25) is 0 Å². The first kappa shape index (κ1) is 27.2. The molecular formula is C32H22F5N5. The second-order valence-electron chi connectivity index (χ2n) is 10.00. The minimum atomic E-state index is -4.46. The Balaban J connectivity index is 1.57. The highest BCUT2D eigenvalue weighted by molar-refractivity contribution is 5.89. The Hall–Kier alpha value is -4.99. The predicted molar refractivity (Wildman–Crippen MR) is 149 cm³/mol. The molecule has 0 radical (unpaired) electrons. The van der Waals surface area contributed by atoms with Gasteiger partial charge in [0.15, 0.2) is 0 Å². The Morgan fingerprint density at radius 1 is 0.643 bits per heavy atom. The number of aryl methyl sites for hydroxylation is 2. The maximum atomic E-state index is 13.9. The topological polar surface area (TPSA) is 56.5 Å². The van der Waals surface area contributed by atoms with Gasteiger partial charge in [0.1, 0.15) is 23.0 Å². The molecule has 0 aliphatic heterocycles. The Morgan fingerprint density at radius 2 is 1.17 bits per heavy atom. The van der Waals surface area contributed by atoms with Gasteiger partial charge in [-0.15, -0.1) is 5.10 Å². The summed E-state index contributed by atoms with van der Waals surface area (Å²) in [5, 5.41) is 8.79. The van der Waals surface area contributed by atoms with Crippen molar-refractivity contribution in [3.05, 3.63) is 119 Å². The normalized spacial score (nSPS) is 11.8. The van der Waals surface area contributed by atoms with Crippen molar-refractivity contribution in [3.8, 4) is 33.9 Å². The van der Waals surface area contributed by atoms with Crippen LogP contribution in [0, 0.1) is 25.5 Å². The first-order valence-corrected chi connectivity index (χ1v) is 13.0. The van der Waals surface area contributed by atoms with Crippen LogP contribution in [-0.4, -0.2) is 25.0 Å². The zero-order valence-electron chi connectivity index (χ0n) is 22.4. The highest BCUT2D eigenvalue weighted by Crippen LogP contribution is 2.37.